The van der Waals surface area contributed by atoms with Crippen LogP contribution in [0.15, 0.2) is 224 Å². The average Bonchev–Trinajstić information content (AvgIpc) is 3.27. The molecule has 0 heterocycles. The summed E-state index contributed by atoms with van der Waals surface area (Å²) in [6.45, 7) is 0. The van der Waals surface area contributed by atoms with Crippen molar-refractivity contribution in [2.45, 2.75) is 0 Å². The van der Waals surface area contributed by atoms with Crippen molar-refractivity contribution in [3.8, 4) is 44.5 Å². The highest BCUT2D eigenvalue weighted by Crippen LogP contribution is 2.44. The van der Waals surface area contributed by atoms with E-state index in [9.17, 15) is 0 Å². The third kappa shape index (κ3) is 6.22. The Bertz CT molecular complexity index is 2860. The number of hydrogen-bond acceptors (Lipinski definition) is 1. The monoisotopic (exact) mass is 699 g/mol. The largest absolute Gasteiger partial charge is 0.310 e. The van der Waals surface area contributed by atoms with Gasteiger partial charge in [0.25, 0.3) is 0 Å². The SMILES string of the molecule is c1ccc(-c2ccc(N(c3ccc(-c4ccccc4)cc3)c3ccc(-c4ccc5ccccc5c4)cc3-c3ccc4ccc5ccccc5c4c3)cc2)cc1. The second kappa shape index (κ2) is 14.0. The number of nitrogens with zero attached hydrogens (tertiary/aromatic N) is 1. The Hall–Kier alpha value is -7.22. The lowest BCUT2D eigenvalue weighted by Crippen LogP contribution is -2.11. The Labute approximate surface area is 322 Å². The quantitative estimate of drug-likeness (QED) is 0.150. The first kappa shape index (κ1) is 32.4. The molecule has 0 fully saturated rings. The van der Waals surface area contributed by atoms with Gasteiger partial charge < -0.3 is 4.90 Å². The van der Waals surface area contributed by atoms with E-state index >= 15 is 0 Å². The molecule has 0 unspecified atom stereocenters. The highest BCUT2D eigenvalue weighted by molar-refractivity contribution is 6.09. The molecule has 0 amide bonds. The molecule has 0 saturated heterocycles. The fraction of sp³-hybridized carbons (Fsp3) is 0. The van der Waals surface area contributed by atoms with E-state index in [1.54, 1.807) is 0 Å². The van der Waals surface area contributed by atoms with Crippen molar-refractivity contribution < 1.29 is 0 Å². The summed E-state index contributed by atoms with van der Waals surface area (Å²) in [6.07, 6.45) is 0. The fourth-order valence-electron chi connectivity index (χ4n) is 7.97. The van der Waals surface area contributed by atoms with Gasteiger partial charge in [-0.1, -0.05) is 176 Å². The average molecular weight is 700 g/mol. The van der Waals surface area contributed by atoms with Crippen LogP contribution in [0.4, 0.5) is 17.1 Å². The molecule has 10 rings (SSSR count). The van der Waals surface area contributed by atoms with Crippen molar-refractivity contribution in [1.82, 2.24) is 0 Å². The van der Waals surface area contributed by atoms with Crippen molar-refractivity contribution in [3.05, 3.63) is 224 Å². The molecule has 1 nitrogen and oxygen atoms in total. The zero-order valence-corrected chi connectivity index (χ0v) is 30.3. The van der Waals surface area contributed by atoms with Crippen LogP contribution >= 0.6 is 0 Å². The van der Waals surface area contributed by atoms with E-state index in [0.717, 1.165) is 17.1 Å². The van der Waals surface area contributed by atoms with E-state index in [-0.39, 0.29) is 0 Å². The summed E-state index contributed by atoms with van der Waals surface area (Å²) in [7, 11) is 0. The first-order valence-electron chi connectivity index (χ1n) is 18.9. The van der Waals surface area contributed by atoms with Crippen molar-refractivity contribution in [1.29, 1.82) is 0 Å². The molecule has 258 valence electrons. The summed E-state index contributed by atoms with van der Waals surface area (Å²) >= 11 is 0. The Balaban J connectivity index is 1.19. The van der Waals surface area contributed by atoms with Gasteiger partial charge in [0.2, 0.25) is 0 Å². The molecule has 0 aromatic heterocycles. The molecule has 0 bridgehead atoms. The van der Waals surface area contributed by atoms with Gasteiger partial charge >= 0.3 is 0 Å². The van der Waals surface area contributed by atoms with Crippen LogP contribution < -0.4 is 4.90 Å². The van der Waals surface area contributed by atoms with Gasteiger partial charge in [-0.25, -0.2) is 0 Å². The third-order valence-electron chi connectivity index (χ3n) is 10.8. The Morgan fingerprint density at radius 1 is 0.236 bits per heavy atom. The zero-order valence-electron chi connectivity index (χ0n) is 30.3. The Morgan fingerprint density at radius 3 is 1.33 bits per heavy atom. The number of anilines is 3. The maximum Gasteiger partial charge on any atom is 0.0540 e. The van der Waals surface area contributed by atoms with Crippen LogP contribution in [0.25, 0.3) is 76.8 Å². The lowest BCUT2D eigenvalue weighted by molar-refractivity contribution is 1.28. The van der Waals surface area contributed by atoms with Gasteiger partial charge in [0.15, 0.2) is 0 Å². The van der Waals surface area contributed by atoms with Crippen LogP contribution in [-0.2, 0) is 0 Å². The van der Waals surface area contributed by atoms with Crippen molar-refractivity contribution >= 4 is 49.4 Å². The molecule has 0 saturated carbocycles. The van der Waals surface area contributed by atoms with E-state index in [1.807, 2.05) is 0 Å². The van der Waals surface area contributed by atoms with Crippen LogP contribution in [0, 0.1) is 0 Å². The minimum Gasteiger partial charge on any atom is -0.310 e. The van der Waals surface area contributed by atoms with Gasteiger partial charge in [0.05, 0.1) is 5.69 Å². The minimum absolute atomic E-state index is 1.10. The van der Waals surface area contributed by atoms with Gasteiger partial charge in [-0.3, -0.25) is 0 Å². The molecular formula is C54H37N. The highest BCUT2D eigenvalue weighted by atomic mass is 15.1. The Morgan fingerprint density at radius 2 is 0.673 bits per heavy atom. The number of benzene rings is 10. The molecule has 1 heteroatoms. The van der Waals surface area contributed by atoms with Crippen molar-refractivity contribution in [3.63, 3.8) is 0 Å². The molecule has 10 aromatic rings. The molecular weight excluding hydrogens is 663 g/mol. The van der Waals surface area contributed by atoms with Crippen LogP contribution in [0.1, 0.15) is 0 Å². The number of rotatable bonds is 7. The number of fused-ring (bicyclic) bond motifs is 4. The highest BCUT2D eigenvalue weighted by Gasteiger charge is 2.20. The maximum absolute atomic E-state index is 2.41. The van der Waals surface area contributed by atoms with Crippen molar-refractivity contribution in [2.75, 3.05) is 4.90 Å². The summed E-state index contributed by atoms with van der Waals surface area (Å²) in [4.78, 5) is 2.41. The van der Waals surface area contributed by atoms with E-state index in [4.69, 9.17) is 0 Å². The van der Waals surface area contributed by atoms with Gasteiger partial charge in [-0.05, 0) is 120 Å². The predicted octanol–water partition coefficient (Wildman–Crippen LogP) is 15.3. The second-order valence-electron chi connectivity index (χ2n) is 14.2. The molecule has 55 heavy (non-hydrogen) atoms. The first-order chi connectivity index (χ1) is 27.2. The molecule has 0 aliphatic carbocycles. The minimum atomic E-state index is 1.10. The summed E-state index contributed by atoms with van der Waals surface area (Å²) in [5, 5.41) is 7.48. The van der Waals surface area contributed by atoms with E-state index in [1.165, 1.54) is 76.8 Å². The lowest BCUT2D eigenvalue weighted by atomic mass is 9.92. The summed E-state index contributed by atoms with van der Waals surface area (Å²) < 4.78 is 0. The summed E-state index contributed by atoms with van der Waals surface area (Å²) in [5.74, 6) is 0. The Kier molecular flexibility index (Phi) is 8.24. The van der Waals surface area contributed by atoms with Crippen LogP contribution in [0.2, 0.25) is 0 Å². The van der Waals surface area contributed by atoms with Crippen LogP contribution in [0.5, 0.6) is 0 Å². The molecule has 0 aliphatic heterocycles. The lowest BCUT2D eigenvalue weighted by Gasteiger charge is -2.29. The topological polar surface area (TPSA) is 3.24 Å². The molecule has 0 aliphatic rings. The van der Waals surface area contributed by atoms with Crippen LogP contribution in [-0.4, -0.2) is 0 Å². The van der Waals surface area contributed by atoms with Crippen molar-refractivity contribution in [2.24, 2.45) is 0 Å². The van der Waals surface area contributed by atoms with Gasteiger partial charge in [0, 0.05) is 16.9 Å². The molecule has 0 N–H and O–H groups in total. The second-order valence-corrected chi connectivity index (χ2v) is 14.2. The summed E-state index contributed by atoms with van der Waals surface area (Å²) in [5.41, 5.74) is 12.8. The molecule has 0 spiro atoms. The first-order valence-corrected chi connectivity index (χ1v) is 18.9. The van der Waals surface area contributed by atoms with Crippen LogP contribution in [0.3, 0.4) is 0 Å². The van der Waals surface area contributed by atoms with E-state index in [0.29, 0.717) is 0 Å². The predicted molar refractivity (Wildman–Crippen MR) is 235 cm³/mol. The van der Waals surface area contributed by atoms with Gasteiger partial charge in [-0.15, -0.1) is 0 Å². The number of hydrogen-bond donors (Lipinski definition) is 0. The van der Waals surface area contributed by atoms with Gasteiger partial charge in [0.1, 0.15) is 0 Å². The fourth-order valence-corrected chi connectivity index (χ4v) is 7.97. The third-order valence-corrected chi connectivity index (χ3v) is 10.8. The van der Waals surface area contributed by atoms with E-state index in [2.05, 4.69) is 229 Å². The zero-order chi connectivity index (χ0) is 36.6. The van der Waals surface area contributed by atoms with E-state index < -0.39 is 0 Å². The van der Waals surface area contributed by atoms with Gasteiger partial charge in [-0.2, -0.15) is 0 Å². The molecule has 0 radical (unpaired) electrons. The molecule has 10 aromatic carbocycles. The normalized spacial score (nSPS) is 11.3. The molecule has 0 atom stereocenters. The standard InChI is InChI=1S/C54H37N/c1-3-11-38(12-4-1)41-25-30-49(31-26-41)55(50-32-27-42(28-33-50)39-13-5-2-6-14-39)54-34-29-47(46-23-19-40-15-7-8-17-45(40)35-46)36-53(54)48-24-22-44-21-20-43-16-9-10-18-51(43)52(44)37-48/h1-37H. The smallest absolute Gasteiger partial charge is 0.0540 e. The maximum atomic E-state index is 2.41. The summed E-state index contributed by atoms with van der Waals surface area (Å²) in [6, 6.07) is 81.6.